The molecule has 0 rings (SSSR count). The molecule has 1 N–H and O–H groups in total. The van der Waals surface area contributed by atoms with Gasteiger partial charge in [0.15, 0.2) is 0 Å². The molecule has 0 atom stereocenters. The van der Waals surface area contributed by atoms with Crippen molar-refractivity contribution in [1.29, 1.82) is 0 Å². The molecule has 0 fully saturated rings. The molecular formula is HClLiO2. The Morgan fingerprint density at radius 2 is 1.75 bits per heavy atom. The maximum absolute atomic E-state index is 8.35. The second-order valence-electron chi connectivity index (χ2n) is 0.0690. The molecule has 0 heterocycles. The van der Waals surface area contributed by atoms with Gasteiger partial charge in [0.05, 0.1) is 0 Å². The third kappa shape index (κ3) is 14.1. The van der Waals surface area contributed by atoms with Gasteiger partial charge in [-0.25, -0.2) is 0 Å². The van der Waals surface area contributed by atoms with Gasteiger partial charge in [0, 0.05) is 18.9 Å². The number of hydrogen-bond acceptors (Lipinski definition) is 2. The van der Waals surface area contributed by atoms with E-state index in [4.69, 9.17) is 9.32 Å². The Hall–Kier alpha value is 0.807. The molecule has 21 valence electrons. The van der Waals surface area contributed by atoms with Crippen LogP contribution in [-0.2, 0) is 0 Å². The smallest absolute Gasteiger partial charge is 0.327 e. The van der Waals surface area contributed by atoms with Crippen molar-refractivity contribution in [2.24, 2.45) is 0 Å². The van der Waals surface area contributed by atoms with Crippen molar-refractivity contribution < 1.29 is 20.6 Å². The first-order valence-electron chi connectivity index (χ1n) is 0.323. The van der Waals surface area contributed by atoms with Crippen molar-refractivity contribution in [2.45, 2.75) is 0 Å². The molecule has 4 heavy (non-hydrogen) atoms. The normalized spacial score (nSPS) is 4.50. The van der Waals surface area contributed by atoms with Gasteiger partial charge in [-0.05, 0) is 0 Å². The molecule has 2 nitrogen and oxygen atoms in total. The molecule has 1 radical (unpaired) electrons. The zero-order valence-electron chi connectivity index (χ0n) is 2.23. The summed E-state index contributed by atoms with van der Waals surface area (Å²) in [5, 5.41) is 0. The molecule has 0 aromatic rings. The zero-order valence-corrected chi connectivity index (χ0v) is 2.99. The van der Waals surface area contributed by atoms with Gasteiger partial charge in [-0.1, -0.05) is 0 Å². The molecule has 0 spiro atoms. The molecule has 0 unspecified atom stereocenters. The Balaban J connectivity index is 0. The van der Waals surface area contributed by atoms with E-state index in [1.807, 2.05) is 0 Å². The first kappa shape index (κ1) is 8.84. The third-order valence-electron chi connectivity index (χ3n) is 0. The second-order valence-corrected chi connectivity index (χ2v) is 0.207. The Labute approximate surface area is 40.1 Å². The zero-order chi connectivity index (χ0) is 2.71. The van der Waals surface area contributed by atoms with Crippen LogP contribution in [0.5, 0.6) is 0 Å². The fourth-order valence-electron chi connectivity index (χ4n) is 0. The van der Waals surface area contributed by atoms with Crippen LogP contribution in [-0.4, -0.2) is 23.5 Å². The van der Waals surface area contributed by atoms with Crippen LogP contribution < -0.4 is 4.66 Å². The van der Waals surface area contributed by atoms with Crippen molar-refractivity contribution >= 4 is 18.9 Å². The SMILES string of the molecule is [Li].[O-][Cl+]O. The van der Waals surface area contributed by atoms with E-state index in [1.165, 1.54) is 0 Å². The summed E-state index contributed by atoms with van der Waals surface area (Å²) in [6.45, 7) is 0. The summed E-state index contributed by atoms with van der Waals surface area (Å²) in [5.74, 6) is 0. The van der Waals surface area contributed by atoms with Crippen molar-refractivity contribution in [1.82, 2.24) is 0 Å². The molecule has 0 amide bonds. The minimum Gasteiger partial charge on any atom is -0.506 e. The summed E-state index contributed by atoms with van der Waals surface area (Å²) in [7, 11) is 0. The largest absolute Gasteiger partial charge is 0.506 e. The van der Waals surface area contributed by atoms with E-state index < -0.39 is 0 Å². The summed E-state index contributed by atoms with van der Waals surface area (Å²) in [5.41, 5.74) is 0. The predicted molar refractivity (Wildman–Crippen MR) is 7.97 cm³/mol. The van der Waals surface area contributed by atoms with Crippen LogP contribution in [0.1, 0.15) is 0 Å². The molecule has 0 aromatic heterocycles. The standard InChI is InChI=1S/ClHO2.Li/c2-1-3;/h2H;. The van der Waals surface area contributed by atoms with Gasteiger partial charge in [-0.15, -0.1) is 4.66 Å². The van der Waals surface area contributed by atoms with Gasteiger partial charge in [-0.3, -0.25) is 0 Å². The summed E-state index contributed by atoms with van der Waals surface area (Å²) < 4.78 is 15.2. The molecule has 0 aliphatic rings. The maximum atomic E-state index is 8.35. The van der Waals surface area contributed by atoms with Gasteiger partial charge in [-0.2, -0.15) is 0 Å². The van der Waals surface area contributed by atoms with Crippen molar-refractivity contribution in [3.05, 3.63) is 0 Å². The molecule has 4 heteroatoms. The molecule has 0 aromatic carbocycles. The van der Waals surface area contributed by atoms with E-state index in [2.05, 4.69) is 0 Å². The molecule has 0 aliphatic heterocycles. The molecule has 0 saturated carbocycles. The second kappa shape index (κ2) is 9.19. The topological polar surface area (TPSA) is 43.3 Å². The van der Waals surface area contributed by atoms with Crippen LogP contribution in [0.2, 0.25) is 0 Å². The van der Waals surface area contributed by atoms with Gasteiger partial charge in [0.25, 0.3) is 0 Å². The quantitative estimate of drug-likeness (QED) is 0.334. The summed E-state index contributed by atoms with van der Waals surface area (Å²) in [6.07, 6.45) is 0. The first-order valence-corrected chi connectivity index (χ1v) is 0.970. The first-order chi connectivity index (χ1) is 1.41. The van der Waals surface area contributed by atoms with E-state index in [9.17, 15) is 0 Å². The minimum atomic E-state index is -0.167. The number of halogens is 1. The van der Waals surface area contributed by atoms with E-state index in [0.717, 1.165) is 0 Å². The summed E-state index contributed by atoms with van der Waals surface area (Å²) in [6, 6.07) is 0. The summed E-state index contributed by atoms with van der Waals surface area (Å²) in [4.78, 5) is 0. The monoisotopic (exact) mass is 75.0 g/mol. The summed E-state index contributed by atoms with van der Waals surface area (Å²) >= 11 is -0.167. The van der Waals surface area contributed by atoms with Crippen LogP contribution >= 0.6 is 0 Å². The van der Waals surface area contributed by atoms with Crippen molar-refractivity contribution in [3.8, 4) is 0 Å². The van der Waals surface area contributed by atoms with E-state index in [1.54, 1.807) is 0 Å². The average Bonchev–Trinajstić information content (AvgIpc) is 0.918. The Kier molecular flexibility index (Phi) is 20.3. The van der Waals surface area contributed by atoms with Gasteiger partial charge >= 0.3 is 11.3 Å². The maximum Gasteiger partial charge on any atom is 0.327 e. The van der Waals surface area contributed by atoms with Crippen LogP contribution in [0.4, 0.5) is 0 Å². The number of rotatable bonds is 0. The third-order valence-corrected chi connectivity index (χ3v) is 0. The van der Waals surface area contributed by atoms with Crippen molar-refractivity contribution in [2.75, 3.05) is 0 Å². The van der Waals surface area contributed by atoms with E-state index in [-0.39, 0.29) is 30.2 Å². The van der Waals surface area contributed by atoms with E-state index >= 15 is 0 Å². The Bertz CT molecular complexity index is 6.00. The van der Waals surface area contributed by atoms with Crippen LogP contribution in [0, 0.1) is 11.3 Å². The minimum absolute atomic E-state index is 0. The fraction of sp³-hybridized carbons (Fsp3) is 0. The average molecular weight is 75.4 g/mol. The van der Waals surface area contributed by atoms with Gasteiger partial charge < -0.3 is 4.66 Å². The Morgan fingerprint density at radius 3 is 1.75 bits per heavy atom. The Morgan fingerprint density at radius 1 is 1.75 bits per heavy atom. The van der Waals surface area contributed by atoms with Crippen LogP contribution in [0.25, 0.3) is 0 Å². The van der Waals surface area contributed by atoms with Gasteiger partial charge in [0.1, 0.15) is 0 Å². The van der Waals surface area contributed by atoms with E-state index in [0.29, 0.717) is 0 Å². The van der Waals surface area contributed by atoms with Crippen LogP contribution in [0.3, 0.4) is 0 Å². The number of hydrogen-bond donors (Lipinski definition) is 1. The van der Waals surface area contributed by atoms with Crippen LogP contribution in [0.15, 0.2) is 0 Å². The molecular weight excluding hydrogens is 74.4 g/mol. The van der Waals surface area contributed by atoms with Gasteiger partial charge in [0.2, 0.25) is 0 Å². The molecule has 0 aliphatic carbocycles. The predicted octanol–water partition coefficient (Wildman–Crippen LogP) is -2.13. The molecule has 0 saturated heterocycles. The fourth-order valence-corrected chi connectivity index (χ4v) is 0. The molecule has 0 bridgehead atoms. The van der Waals surface area contributed by atoms with Crippen molar-refractivity contribution in [3.63, 3.8) is 0 Å².